The number of benzene rings is 1. The summed E-state index contributed by atoms with van der Waals surface area (Å²) in [5, 5.41) is 42.5. The first-order chi connectivity index (χ1) is 17.4. The second-order valence-electron chi connectivity index (χ2n) is 9.09. The lowest BCUT2D eigenvalue weighted by Gasteiger charge is -2.17. The zero-order valence-electron chi connectivity index (χ0n) is 19.6. The first kappa shape index (κ1) is 25.2. The SMILES string of the molecule is CCCSc1nc(N[C@@H]2C[C@H]2c2ccc(F)c(F)c2)c2nnn(C3C[C@H](OCCO)C(O)C3O)c2n1. The summed E-state index contributed by atoms with van der Waals surface area (Å²) in [6, 6.07) is 3.26. The van der Waals surface area contributed by atoms with Gasteiger partial charge in [-0.25, -0.2) is 23.4 Å². The first-order valence-corrected chi connectivity index (χ1v) is 13.0. The smallest absolute Gasteiger partial charge is 0.191 e. The molecule has 0 spiro atoms. The Hall–Kier alpha value is -2.45. The molecule has 13 heteroatoms. The number of aliphatic hydroxyl groups is 3. The van der Waals surface area contributed by atoms with E-state index in [2.05, 4.69) is 32.5 Å². The van der Waals surface area contributed by atoms with Crippen molar-refractivity contribution in [1.82, 2.24) is 25.0 Å². The molecule has 0 aliphatic heterocycles. The monoisotopic (exact) mass is 522 g/mol. The maximum absolute atomic E-state index is 13.7. The third-order valence-electron chi connectivity index (χ3n) is 6.56. The lowest BCUT2D eigenvalue weighted by Crippen LogP contribution is -2.33. The van der Waals surface area contributed by atoms with Crippen molar-refractivity contribution >= 4 is 28.7 Å². The standard InChI is InChI=1S/C23H28F2N6O4S/c1-2-7-36-23-27-21(26-15-9-12(15)11-3-4-13(24)14(25)8-11)18-22(28-23)31(30-29-18)16-10-17(35-6-5-32)20(34)19(16)33/h3-4,8,12,15-17,19-20,32-34H,2,5-7,9-10H2,1H3,(H,26,27,28)/t12-,15+,16?,17-,19?,20?/m0/s1. The number of aromatic nitrogens is 5. The van der Waals surface area contributed by atoms with Crippen LogP contribution in [0.3, 0.4) is 0 Å². The fourth-order valence-electron chi connectivity index (χ4n) is 4.61. The molecule has 2 aromatic heterocycles. The van der Waals surface area contributed by atoms with Crippen molar-refractivity contribution in [2.45, 2.75) is 67.7 Å². The van der Waals surface area contributed by atoms with Crippen LogP contribution in [0, 0.1) is 11.6 Å². The zero-order valence-corrected chi connectivity index (χ0v) is 20.4. The van der Waals surface area contributed by atoms with Gasteiger partial charge >= 0.3 is 0 Å². The molecule has 0 bridgehead atoms. The van der Waals surface area contributed by atoms with Crippen LogP contribution in [0.2, 0.25) is 0 Å². The summed E-state index contributed by atoms with van der Waals surface area (Å²) in [4.78, 5) is 9.27. The Kier molecular flexibility index (Phi) is 7.35. The summed E-state index contributed by atoms with van der Waals surface area (Å²) in [6.45, 7) is 1.91. The minimum absolute atomic E-state index is 0.00291. The molecule has 2 saturated carbocycles. The van der Waals surface area contributed by atoms with Crippen LogP contribution in [0.15, 0.2) is 23.4 Å². The Morgan fingerprint density at radius 2 is 2.00 bits per heavy atom. The van der Waals surface area contributed by atoms with E-state index >= 15 is 0 Å². The van der Waals surface area contributed by atoms with Crippen LogP contribution in [0.4, 0.5) is 14.6 Å². The van der Waals surface area contributed by atoms with Crippen molar-refractivity contribution in [3.8, 4) is 0 Å². The van der Waals surface area contributed by atoms with E-state index in [1.54, 1.807) is 6.07 Å². The van der Waals surface area contributed by atoms with Crippen molar-refractivity contribution in [2.75, 3.05) is 24.3 Å². The number of ether oxygens (including phenoxy) is 1. The highest BCUT2D eigenvalue weighted by molar-refractivity contribution is 7.99. The molecule has 36 heavy (non-hydrogen) atoms. The molecule has 2 fully saturated rings. The van der Waals surface area contributed by atoms with E-state index in [-0.39, 0.29) is 31.6 Å². The molecule has 1 aromatic carbocycles. The molecule has 10 nitrogen and oxygen atoms in total. The lowest BCUT2D eigenvalue weighted by atomic mass is 10.1. The lowest BCUT2D eigenvalue weighted by molar-refractivity contribution is -0.0629. The Morgan fingerprint density at radius 3 is 2.75 bits per heavy atom. The van der Waals surface area contributed by atoms with Crippen molar-refractivity contribution in [3.63, 3.8) is 0 Å². The number of fused-ring (bicyclic) bond motifs is 1. The number of anilines is 1. The van der Waals surface area contributed by atoms with Gasteiger partial charge in [-0.2, -0.15) is 0 Å². The summed E-state index contributed by atoms with van der Waals surface area (Å²) >= 11 is 1.48. The van der Waals surface area contributed by atoms with Crippen LogP contribution in [0.25, 0.3) is 11.2 Å². The summed E-state index contributed by atoms with van der Waals surface area (Å²) < 4.78 is 34.0. The van der Waals surface area contributed by atoms with Crippen LogP contribution < -0.4 is 5.32 Å². The van der Waals surface area contributed by atoms with Crippen LogP contribution in [-0.2, 0) is 4.74 Å². The molecule has 3 aromatic rings. The molecule has 194 valence electrons. The van der Waals surface area contributed by atoms with E-state index in [4.69, 9.17) is 9.84 Å². The number of aliphatic hydroxyl groups excluding tert-OH is 3. The fraction of sp³-hybridized carbons (Fsp3) is 0.565. The number of nitrogens with zero attached hydrogens (tertiary/aromatic N) is 5. The van der Waals surface area contributed by atoms with Gasteiger partial charge in [-0.15, -0.1) is 5.10 Å². The normalized spacial score (nSPS) is 27.6. The predicted octanol–water partition coefficient (Wildman–Crippen LogP) is 2.01. The first-order valence-electron chi connectivity index (χ1n) is 12.0. The van der Waals surface area contributed by atoms with E-state index in [1.165, 1.54) is 22.5 Å². The van der Waals surface area contributed by atoms with Crippen molar-refractivity contribution in [2.24, 2.45) is 0 Å². The average molecular weight is 523 g/mol. The Bertz CT molecular complexity index is 1230. The number of hydrogen-bond acceptors (Lipinski definition) is 10. The van der Waals surface area contributed by atoms with Crippen LogP contribution >= 0.6 is 11.8 Å². The van der Waals surface area contributed by atoms with Gasteiger partial charge in [0.05, 0.1) is 25.4 Å². The van der Waals surface area contributed by atoms with Gasteiger partial charge in [0.15, 0.2) is 33.8 Å². The van der Waals surface area contributed by atoms with E-state index in [0.29, 0.717) is 27.7 Å². The third-order valence-corrected chi connectivity index (χ3v) is 7.61. The van der Waals surface area contributed by atoms with E-state index in [0.717, 1.165) is 24.7 Å². The molecule has 2 heterocycles. The minimum Gasteiger partial charge on any atom is -0.394 e. The number of thioether (sulfide) groups is 1. The Balaban J connectivity index is 1.43. The third kappa shape index (κ3) is 4.90. The van der Waals surface area contributed by atoms with Gasteiger partial charge in [-0.3, -0.25) is 0 Å². The highest BCUT2D eigenvalue weighted by Gasteiger charge is 2.45. The van der Waals surface area contributed by atoms with E-state index < -0.39 is 36.0 Å². The van der Waals surface area contributed by atoms with Gasteiger partial charge < -0.3 is 25.4 Å². The number of hydrogen-bond donors (Lipinski definition) is 4. The van der Waals surface area contributed by atoms with E-state index in [9.17, 15) is 19.0 Å². The minimum atomic E-state index is -1.15. The molecule has 0 saturated heterocycles. The Labute approximate surface area is 210 Å². The van der Waals surface area contributed by atoms with Gasteiger partial charge in [-0.05, 0) is 30.5 Å². The Morgan fingerprint density at radius 1 is 1.17 bits per heavy atom. The van der Waals surface area contributed by atoms with Gasteiger partial charge in [-0.1, -0.05) is 30.0 Å². The molecule has 0 radical (unpaired) electrons. The number of rotatable bonds is 10. The van der Waals surface area contributed by atoms with Gasteiger partial charge in [0.25, 0.3) is 0 Å². The van der Waals surface area contributed by atoms with Crippen LogP contribution in [0.1, 0.15) is 43.7 Å². The molecule has 3 unspecified atom stereocenters. The summed E-state index contributed by atoms with van der Waals surface area (Å²) in [6.07, 6.45) is -1.04. The molecule has 2 aliphatic rings. The molecule has 6 atom stereocenters. The maximum atomic E-state index is 13.7. The van der Waals surface area contributed by atoms with Crippen molar-refractivity contribution < 1.29 is 28.8 Å². The van der Waals surface area contributed by atoms with Crippen LogP contribution in [-0.4, -0.2) is 83.6 Å². The van der Waals surface area contributed by atoms with E-state index in [1.807, 2.05) is 0 Å². The van der Waals surface area contributed by atoms with Gasteiger partial charge in [0, 0.05) is 24.1 Å². The highest BCUT2D eigenvalue weighted by Crippen LogP contribution is 2.44. The van der Waals surface area contributed by atoms with Gasteiger partial charge in [0.2, 0.25) is 0 Å². The summed E-state index contributed by atoms with van der Waals surface area (Å²) in [5.74, 6) is -0.472. The number of nitrogens with one attached hydrogen (secondary N) is 1. The second-order valence-corrected chi connectivity index (χ2v) is 10.2. The molecular weight excluding hydrogens is 494 g/mol. The van der Waals surface area contributed by atoms with Crippen LogP contribution in [0.5, 0.6) is 0 Å². The summed E-state index contributed by atoms with van der Waals surface area (Å²) in [7, 11) is 0. The predicted molar refractivity (Wildman–Crippen MR) is 128 cm³/mol. The highest BCUT2D eigenvalue weighted by atomic mass is 32.2. The topological polar surface area (TPSA) is 138 Å². The molecular formula is C23H28F2N6O4S. The maximum Gasteiger partial charge on any atom is 0.191 e. The number of halogens is 2. The van der Waals surface area contributed by atoms with Crippen molar-refractivity contribution in [3.05, 3.63) is 35.4 Å². The average Bonchev–Trinajstić information content (AvgIpc) is 3.41. The molecule has 5 rings (SSSR count). The summed E-state index contributed by atoms with van der Waals surface area (Å²) in [5.41, 5.74) is 1.53. The van der Waals surface area contributed by atoms with Crippen molar-refractivity contribution in [1.29, 1.82) is 0 Å². The molecule has 0 amide bonds. The zero-order chi connectivity index (χ0) is 25.4. The molecule has 2 aliphatic carbocycles. The fourth-order valence-corrected chi connectivity index (χ4v) is 5.31. The van der Waals surface area contributed by atoms with Gasteiger partial charge in [0.1, 0.15) is 12.2 Å². The molecule has 4 N–H and O–H groups in total. The second kappa shape index (κ2) is 10.5. The largest absolute Gasteiger partial charge is 0.394 e. The quantitative estimate of drug-likeness (QED) is 0.231.